The summed E-state index contributed by atoms with van der Waals surface area (Å²) in [6.07, 6.45) is 0. The summed E-state index contributed by atoms with van der Waals surface area (Å²) in [5, 5.41) is 19.7. The predicted octanol–water partition coefficient (Wildman–Crippen LogP) is 1.51. The van der Waals surface area contributed by atoms with Gasteiger partial charge >= 0.3 is 0 Å². The Morgan fingerprint density at radius 2 is 2.25 bits per heavy atom. The van der Waals surface area contributed by atoms with Crippen molar-refractivity contribution in [3.8, 4) is 0 Å². The summed E-state index contributed by atoms with van der Waals surface area (Å²) in [6, 6.07) is 5.72. The molecule has 0 saturated heterocycles. The maximum atomic E-state index is 11.9. The van der Waals surface area contributed by atoms with Gasteiger partial charge in [-0.05, 0) is 19.4 Å². The van der Waals surface area contributed by atoms with Crippen LogP contribution in [0.25, 0.3) is 0 Å². The van der Waals surface area contributed by atoms with E-state index in [0.717, 1.165) is 0 Å². The van der Waals surface area contributed by atoms with Crippen molar-refractivity contribution in [3.05, 3.63) is 51.6 Å². The molecule has 1 amide bonds. The third-order valence-corrected chi connectivity index (χ3v) is 2.73. The third kappa shape index (κ3) is 2.97. The van der Waals surface area contributed by atoms with Crippen molar-refractivity contribution < 1.29 is 9.72 Å². The van der Waals surface area contributed by atoms with Crippen molar-refractivity contribution in [2.45, 2.75) is 19.9 Å². The van der Waals surface area contributed by atoms with Crippen LogP contribution in [0.15, 0.2) is 24.3 Å². The predicted molar refractivity (Wildman–Crippen MR) is 70.1 cm³/mol. The van der Waals surface area contributed by atoms with E-state index in [9.17, 15) is 14.9 Å². The number of aromatic nitrogens is 3. The topological polar surface area (TPSA) is 114 Å². The number of rotatable bonds is 4. The summed E-state index contributed by atoms with van der Waals surface area (Å²) in [5.41, 5.74) is 0.622. The minimum Gasteiger partial charge on any atom is -0.343 e. The molecule has 1 aromatic heterocycles. The van der Waals surface area contributed by atoms with Crippen molar-refractivity contribution >= 4 is 11.6 Å². The van der Waals surface area contributed by atoms with Crippen molar-refractivity contribution in [2.75, 3.05) is 0 Å². The van der Waals surface area contributed by atoms with Crippen LogP contribution < -0.4 is 5.32 Å². The van der Waals surface area contributed by atoms with E-state index in [4.69, 9.17) is 0 Å². The first-order valence-electron chi connectivity index (χ1n) is 5.91. The van der Waals surface area contributed by atoms with Crippen LogP contribution in [0.3, 0.4) is 0 Å². The molecule has 2 aromatic rings. The molecule has 104 valence electrons. The highest BCUT2D eigenvalue weighted by molar-refractivity contribution is 5.90. The molecule has 0 aliphatic rings. The summed E-state index contributed by atoms with van der Waals surface area (Å²) in [6.45, 7) is 3.42. The van der Waals surface area contributed by atoms with E-state index in [1.165, 1.54) is 12.1 Å². The lowest BCUT2D eigenvalue weighted by molar-refractivity contribution is -0.384. The fourth-order valence-electron chi connectivity index (χ4n) is 1.70. The fraction of sp³-hybridized carbons (Fsp3) is 0.250. The van der Waals surface area contributed by atoms with Gasteiger partial charge in [0.05, 0.1) is 11.0 Å². The van der Waals surface area contributed by atoms with Gasteiger partial charge in [-0.25, -0.2) is 4.98 Å². The van der Waals surface area contributed by atoms with Crippen molar-refractivity contribution in [1.82, 2.24) is 20.5 Å². The van der Waals surface area contributed by atoms with Gasteiger partial charge in [0.25, 0.3) is 11.6 Å². The molecule has 1 atom stereocenters. The Morgan fingerprint density at radius 1 is 1.50 bits per heavy atom. The summed E-state index contributed by atoms with van der Waals surface area (Å²) < 4.78 is 0. The minimum absolute atomic E-state index is 0.0164. The zero-order chi connectivity index (χ0) is 14.7. The molecule has 2 rings (SSSR count). The van der Waals surface area contributed by atoms with Crippen LogP contribution >= 0.6 is 0 Å². The molecular formula is C12H13N5O3. The molecule has 0 saturated carbocycles. The van der Waals surface area contributed by atoms with Gasteiger partial charge in [-0.15, -0.1) is 5.10 Å². The number of hydrogen-bond donors (Lipinski definition) is 2. The first-order valence-corrected chi connectivity index (χ1v) is 5.91. The van der Waals surface area contributed by atoms with Gasteiger partial charge in [0, 0.05) is 12.1 Å². The minimum atomic E-state index is -0.476. The van der Waals surface area contributed by atoms with E-state index in [1.807, 2.05) is 0 Å². The molecule has 0 spiro atoms. The zero-order valence-electron chi connectivity index (χ0n) is 11.0. The number of non-ortho nitro benzene ring substituents is 1. The van der Waals surface area contributed by atoms with E-state index in [1.54, 1.807) is 26.0 Å². The molecular weight excluding hydrogens is 262 g/mol. The highest BCUT2D eigenvalue weighted by atomic mass is 16.6. The highest BCUT2D eigenvalue weighted by Crippen LogP contribution is 2.19. The number of nitro groups is 1. The fourth-order valence-corrected chi connectivity index (χ4v) is 1.70. The molecule has 8 heteroatoms. The summed E-state index contributed by atoms with van der Waals surface area (Å²) in [5.74, 6) is 0.145. The maximum Gasteiger partial charge on any atom is 0.291 e. The van der Waals surface area contributed by atoms with Gasteiger partial charge in [-0.3, -0.25) is 20.0 Å². The van der Waals surface area contributed by atoms with Gasteiger partial charge < -0.3 is 5.32 Å². The third-order valence-electron chi connectivity index (χ3n) is 2.73. The van der Waals surface area contributed by atoms with Gasteiger partial charge in [-0.2, -0.15) is 0 Å². The average molecular weight is 275 g/mol. The van der Waals surface area contributed by atoms with Gasteiger partial charge in [-0.1, -0.05) is 12.1 Å². The highest BCUT2D eigenvalue weighted by Gasteiger charge is 2.16. The van der Waals surface area contributed by atoms with Crippen LogP contribution in [0.4, 0.5) is 5.69 Å². The molecule has 1 unspecified atom stereocenters. The van der Waals surface area contributed by atoms with Crippen LogP contribution in [0.2, 0.25) is 0 Å². The van der Waals surface area contributed by atoms with Crippen molar-refractivity contribution in [3.63, 3.8) is 0 Å². The monoisotopic (exact) mass is 275 g/mol. The molecule has 1 aromatic carbocycles. The van der Waals surface area contributed by atoms with E-state index >= 15 is 0 Å². The Bertz CT molecular complexity index is 652. The molecule has 0 aliphatic heterocycles. The van der Waals surface area contributed by atoms with Crippen LogP contribution in [0.1, 0.15) is 35.0 Å². The Hall–Kier alpha value is -2.77. The Kier molecular flexibility index (Phi) is 3.74. The second kappa shape index (κ2) is 5.47. The maximum absolute atomic E-state index is 11.9. The van der Waals surface area contributed by atoms with Crippen LogP contribution in [0, 0.1) is 17.0 Å². The molecule has 8 nitrogen and oxygen atoms in total. The van der Waals surface area contributed by atoms with Gasteiger partial charge in [0.2, 0.25) is 5.82 Å². The van der Waals surface area contributed by atoms with Crippen LogP contribution in [-0.4, -0.2) is 26.0 Å². The number of nitrogens with one attached hydrogen (secondary N) is 2. The van der Waals surface area contributed by atoms with Crippen molar-refractivity contribution in [1.29, 1.82) is 0 Å². The summed E-state index contributed by atoms with van der Waals surface area (Å²) in [4.78, 5) is 26.0. The molecule has 1 heterocycles. The van der Waals surface area contributed by atoms with E-state index in [0.29, 0.717) is 11.4 Å². The number of nitrogens with zero attached hydrogens (tertiary/aromatic N) is 3. The Balaban J connectivity index is 2.12. The molecule has 0 aliphatic carbocycles. The average Bonchev–Trinajstić information content (AvgIpc) is 2.85. The van der Waals surface area contributed by atoms with Crippen LogP contribution in [-0.2, 0) is 0 Å². The number of nitro benzene ring substituents is 1. The number of H-pyrrole nitrogens is 1. The number of benzene rings is 1. The molecule has 2 N–H and O–H groups in total. The first kappa shape index (κ1) is 13.7. The van der Waals surface area contributed by atoms with Crippen LogP contribution in [0.5, 0.6) is 0 Å². The largest absolute Gasteiger partial charge is 0.343 e. The molecule has 0 bridgehead atoms. The normalized spacial score (nSPS) is 11.9. The lowest BCUT2D eigenvalue weighted by Gasteiger charge is -2.12. The Morgan fingerprint density at radius 3 is 2.85 bits per heavy atom. The Labute approximate surface area is 114 Å². The molecule has 0 radical (unpaired) electrons. The summed E-state index contributed by atoms with van der Waals surface area (Å²) in [7, 11) is 0. The number of aryl methyl sites for hydroxylation is 1. The molecule has 20 heavy (non-hydrogen) atoms. The second-order valence-corrected chi connectivity index (χ2v) is 4.29. The van der Waals surface area contributed by atoms with E-state index in [2.05, 4.69) is 20.5 Å². The zero-order valence-corrected chi connectivity index (χ0v) is 11.0. The lowest BCUT2D eigenvalue weighted by Crippen LogP contribution is -2.27. The molecule has 0 fully saturated rings. The van der Waals surface area contributed by atoms with E-state index in [-0.39, 0.29) is 17.6 Å². The first-order chi connectivity index (χ1) is 9.47. The SMILES string of the molecule is Cc1nc(C(=O)NC(C)c2cccc([N+](=O)[O-])c2)n[nH]1. The van der Waals surface area contributed by atoms with Crippen molar-refractivity contribution in [2.24, 2.45) is 0 Å². The number of amides is 1. The summed E-state index contributed by atoms with van der Waals surface area (Å²) >= 11 is 0. The number of carbonyl (C=O) groups is 1. The number of hydrogen-bond acceptors (Lipinski definition) is 5. The smallest absolute Gasteiger partial charge is 0.291 e. The standard InChI is InChI=1S/C12H13N5O3/c1-7(9-4-3-5-10(6-9)17(19)20)13-12(18)11-14-8(2)15-16-11/h3-7H,1-2H3,(H,13,18)(H,14,15,16). The number of aromatic amines is 1. The second-order valence-electron chi connectivity index (χ2n) is 4.29. The van der Waals surface area contributed by atoms with Gasteiger partial charge in [0.15, 0.2) is 0 Å². The number of carbonyl (C=O) groups excluding carboxylic acids is 1. The van der Waals surface area contributed by atoms with Gasteiger partial charge in [0.1, 0.15) is 5.82 Å². The van der Waals surface area contributed by atoms with E-state index < -0.39 is 10.8 Å². The lowest BCUT2D eigenvalue weighted by atomic mass is 10.1. The quantitative estimate of drug-likeness (QED) is 0.648.